The van der Waals surface area contributed by atoms with E-state index in [0.717, 1.165) is 29.6 Å². The number of aliphatic hydroxyl groups is 1. The third kappa shape index (κ3) is 3.60. The summed E-state index contributed by atoms with van der Waals surface area (Å²) in [5, 5.41) is 16.0. The fraction of sp³-hybridized carbons (Fsp3) is 0.733. The van der Waals surface area contributed by atoms with Crippen LogP contribution in [0.5, 0.6) is 0 Å². The van der Waals surface area contributed by atoms with Crippen molar-refractivity contribution in [2.24, 2.45) is 5.41 Å². The summed E-state index contributed by atoms with van der Waals surface area (Å²) >= 11 is 0. The van der Waals surface area contributed by atoms with Crippen LogP contribution in [0.15, 0.2) is 0 Å². The van der Waals surface area contributed by atoms with Gasteiger partial charge >= 0.3 is 0 Å². The van der Waals surface area contributed by atoms with E-state index in [1.807, 2.05) is 20.8 Å². The van der Waals surface area contributed by atoms with Crippen molar-refractivity contribution in [2.45, 2.75) is 46.5 Å². The van der Waals surface area contributed by atoms with E-state index < -0.39 is 0 Å². The fourth-order valence-corrected chi connectivity index (χ4v) is 1.95. The third-order valence-corrected chi connectivity index (χ3v) is 3.61. The lowest BCUT2D eigenvalue weighted by Crippen LogP contribution is -2.27. The monoisotopic (exact) mass is 278 g/mol. The van der Waals surface area contributed by atoms with Crippen LogP contribution in [0, 0.1) is 12.3 Å². The number of rotatable bonds is 7. The summed E-state index contributed by atoms with van der Waals surface area (Å²) in [6.07, 6.45) is 2.38. The Bertz CT molecular complexity index is 469. The van der Waals surface area contributed by atoms with Gasteiger partial charge in [-0.1, -0.05) is 13.8 Å². The average molecular weight is 278 g/mol. The van der Waals surface area contributed by atoms with E-state index in [4.69, 9.17) is 0 Å². The number of nitrogens with zero attached hydrogens (tertiary/aromatic N) is 2. The highest BCUT2D eigenvalue weighted by atomic mass is 16.3. The zero-order valence-electron chi connectivity index (χ0n) is 13.0. The number of nitrogens with one attached hydrogen (secondary N) is 2. The number of hydrogen-bond donors (Lipinski definition) is 3. The highest BCUT2D eigenvalue weighted by molar-refractivity contribution is 5.57. The second kappa shape index (κ2) is 5.95. The first-order valence-electron chi connectivity index (χ1n) is 7.44. The first-order valence-corrected chi connectivity index (χ1v) is 7.44. The van der Waals surface area contributed by atoms with Crippen LogP contribution in [0.25, 0.3) is 0 Å². The molecule has 1 aromatic rings. The molecule has 3 N–H and O–H groups in total. The molecule has 0 aromatic carbocycles. The van der Waals surface area contributed by atoms with Gasteiger partial charge in [-0.3, -0.25) is 0 Å². The first kappa shape index (κ1) is 15.0. The summed E-state index contributed by atoms with van der Waals surface area (Å²) in [5.74, 6) is 3.28. The van der Waals surface area contributed by atoms with Crippen LogP contribution in [0.4, 0.5) is 11.6 Å². The molecule has 0 saturated heterocycles. The Morgan fingerprint density at radius 3 is 2.30 bits per heavy atom. The molecule has 1 fully saturated rings. The first-order chi connectivity index (χ1) is 9.46. The van der Waals surface area contributed by atoms with Gasteiger partial charge in [0, 0.05) is 36.6 Å². The number of anilines is 2. The van der Waals surface area contributed by atoms with Crippen molar-refractivity contribution in [1.82, 2.24) is 9.97 Å². The molecule has 20 heavy (non-hydrogen) atoms. The third-order valence-electron chi connectivity index (χ3n) is 3.61. The maximum absolute atomic E-state index is 9.35. The molecule has 1 aliphatic carbocycles. The zero-order valence-corrected chi connectivity index (χ0v) is 13.0. The second-order valence-electron chi connectivity index (χ2n) is 6.38. The molecule has 1 aliphatic rings. The molecule has 1 saturated carbocycles. The van der Waals surface area contributed by atoms with E-state index in [9.17, 15) is 5.11 Å². The van der Waals surface area contributed by atoms with Crippen LogP contribution in [0.2, 0.25) is 0 Å². The number of aliphatic hydroxyl groups excluding tert-OH is 1. The standard InChI is InChI=1S/C15H26N4O/c1-5-16-12-10(2)13(17-8-15(3,4)9-20)19-14(18-12)11-6-7-11/h11,20H,5-9H2,1-4H3,(H2,16,17,18,19). The molecule has 5 heteroatoms. The summed E-state index contributed by atoms with van der Waals surface area (Å²) in [5.41, 5.74) is 0.889. The smallest absolute Gasteiger partial charge is 0.136 e. The van der Waals surface area contributed by atoms with Crippen molar-refractivity contribution >= 4 is 11.6 Å². The van der Waals surface area contributed by atoms with Crippen molar-refractivity contribution in [3.63, 3.8) is 0 Å². The number of aromatic nitrogens is 2. The van der Waals surface area contributed by atoms with Gasteiger partial charge in [0.25, 0.3) is 0 Å². The lowest BCUT2D eigenvalue weighted by molar-refractivity contribution is 0.170. The molecular formula is C15H26N4O. The van der Waals surface area contributed by atoms with Gasteiger partial charge in [-0.25, -0.2) is 9.97 Å². The molecular weight excluding hydrogens is 252 g/mol. The number of hydrogen-bond acceptors (Lipinski definition) is 5. The van der Waals surface area contributed by atoms with E-state index >= 15 is 0 Å². The maximum atomic E-state index is 9.35. The predicted octanol–water partition coefficient (Wildman–Crippen LogP) is 2.52. The van der Waals surface area contributed by atoms with Crippen molar-refractivity contribution in [2.75, 3.05) is 30.3 Å². The summed E-state index contributed by atoms with van der Waals surface area (Å²) in [6, 6.07) is 0. The Morgan fingerprint density at radius 2 is 1.80 bits per heavy atom. The Kier molecular flexibility index (Phi) is 4.48. The summed E-state index contributed by atoms with van der Waals surface area (Å²) in [6.45, 7) is 9.86. The summed E-state index contributed by atoms with van der Waals surface area (Å²) in [7, 11) is 0. The van der Waals surface area contributed by atoms with Crippen LogP contribution in [0.3, 0.4) is 0 Å². The molecule has 0 spiro atoms. The minimum atomic E-state index is -0.157. The van der Waals surface area contributed by atoms with Crippen molar-refractivity contribution in [3.05, 3.63) is 11.4 Å². The van der Waals surface area contributed by atoms with E-state index in [1.165, 1.54) is 12.8 Å². The lowest BCUT2D eigenvalue weighted by Gasteiger charge is -2.23. The minimum Gasteiger partial charge on any atom is -0.396 e. The lowest BCUT2D eigenvalue weighted by atomic mass is 9.95. The Balaban J connectivity index is 2.21. The average Bonchev–Trinajstić information content (AvgIpc) is 3.24. The van der Waals surface area contributed by atoms with Gasteiger partial charge in [0.2, 0.25) is 0 Å². The Morgan fingerprint density at radius 1 is 1.20 bits per heavy atom. The van der Waals surface area contributed by atoms with E-state index in [2.05, 4.69) is 27.5 Å². The molecule has 1 heterocycles. The van der Waals surface area contributed by atoms with Gasteiger partial charge in [-0.15, -0.1) is 0 Å². The Labute approximate surface area is 121 Å². The van der Waals surface area contributed by atoms with Gasteiger partial charge < -0.3 is 15.7 Å². The minimum absolute atomic E-state index is 0.152. The highest BCUT2D eigenvalue weighted by Crippen LogP contribution is 2.39. The maximum Gasteiger partial charge on any atom is 0.136 e. The zero-order chi connectivity index (χ0) is 14.8. The largest absolute Gasteiger partial charge is 0.396 e. The van der Waals surface area contributed by atoms with Crippen LogP contribution in [0.1, 0.15) is 50.9 Å². The predicted molar refractivity (Wildman–Crippen MR) is 82.3 cm³/mol. The second-order valence-corrected chi connectivity index (χ2v) is 6.38. The molecule has 0 bridgehead atoms. The van der Waals surface area contributed by atoms with Crippen LogP contribution < -0.4 is 10.6 Å². The normalized spacial score (nSPS) is 15.2. The molecule has 1 aromatic heterocycles. The molecule has 0 radical (unpaired) electrons. The summed E-state index contributed by atoms with van der Waals surface area (Å²) in [4.78, 5) is 9.31. The van der Waals surface area contributed by atoms with E-state index in [1.54, 1.807) is 0 Å². The topological polar surface area (TPSA) is 70.1 Å². The molecule has 5 nitrogen and oxygen atoms in total. The van der Waals surface area contributed by atoms with Gasteiger partial charge in [-0.05, 0) is 26.7 Å². The van der Waals surface area contributed by atoms with Gasteiger partial charge in [0.15, 0.2) is 0 Å². The molecule has 0 amide bonds. The van der Waals surface area contributed by atoms with Crippen molar-refractivity contribution in [3.8, 4) is 0 Å². The van der Waals surface area contributed by atoms with Crippen LogP contribution in [-0.4, -0.2) is 34.8 Å². The SMILES string of the molecule is CCNc1nc(C2CC2)nc(NCC(C)(C)CO)c1C. The molecule has 112 valence electrons. The van der Waals surface area contributed by atoms with E-state index in [0.29, 0.717) is 12.5 Å². The molecule has 0 atom stereocenters. The molecule has 0 aliphatic heterocycles. The summed E-state index contributed by atoms with van der Waals surface area (Å²) < 4.78 is 0. The van der Waals surface area contributed by atoms with Gasteiger partial charge in [0.1, 0.15) is 17.5 Å². The molecule has 0 unspecified atom stereocenters. The van der Waals surface area contributed by atoms with Gasteiger partial charge in [-0.2, -0.15) is 0 Å². The highest BCUT2D eigenvalue weighted by Gasteiger charge is 2.28. The van der Waals surface area contributed by atoms with Gasteiger partial charge in [0.05, 0.1) is 0 Å². The quantitative estimate of drug-likeness (QED) is 0.715. The Hall–Kier alpha value is -1.36. The van der Waals surface area contributed by atoms with Crippen molar-refractivity contribution < 1.29 is 5.11 Å². The fourth-order valence-electron chi connectivity index (χ4n) is 1.95. The molecule has 2 rings (SSSR count). The van der Waals surface area contributed by atoms with E-state index in [-0.39, 0.29) is 12.0 Å². The van der Waals surface area contributed by atoms with Crippen LogP contribution >= 0.6 is 0 Å². The van der Waals surface area contributed by atoms with Crippen LogP contribution in [-0.2, 0) is 0 Å². The van der Waals surface area contributed by atoms with Crippen molar-refractivity contribution in [1.29, 1.82) is 0 Å².